The molecular weight excluding hydrogens is 380 g/mol. The number of benzene rings is 2. The van der Waals surface area contributed by atoms with E-state index in [4.69, 9.17) is 18.9 Å². The van der Waals surface area contributed by atoms with Crippen molar-refractivity contribution in [3.05, 3.63) is 48.5 Å². The quantitative estimate of drug-likeness (QED) is 0.765. The van der Waals surface area contributed by atoms with E-state index in [9.17, 15) is 0 Å². The predicted octanol–water partition coefficient (Wildman–Crippen LogP) is 3.76. The van der Waals surface area contributed by atoms with Gasteiger partial charge in [-0.3, -0.25) is 9.80 Å². The fourth-order valence-corrected chi connectivity index (χ4v) is 4.67. The van der Waals surface area contributed by atoms with E-state index in [1.165, 1.54) is 0 Å². The van der Waals surface area contributed by atoms with Crippen molar-refractivity contribution in [1.29, 1.82) is 0 Å². The highest BCUT2D eigenvalue weighted by Gasteiger charge is 2.48. The third-order valence-corrected chi connectivity index (χ3v) is 6.91. The first-order valence-corrected chi connectivity index (χ1v) is 10.8. The Bertz CT molecular complexity index is 799. The molecule has 0 aromatic heterocycles. The molecule has 0 saturated carbocycles. The average Bonchev–Trinajstić information content (AvgIpc) is 3.29. The van der Waals surface area contributed by atoms with Crippen LogP contribution in [0.4, 0.5) is 0 Å². The highest BCUT2D eigenvalue weighted by Crippen LogP contribution is 2.43. The molecule has 2 atom stereocenters. The van der Waals surface area contributed by atoms with E-state index >= 15 is 0 Å². The molecule has 0 N–H and O–H groups in total. The Morgan fingerprint density at radius 3 is 1.13 bits per heavy atom. The molecule has 0 radical (unpaired) electrons. The zero-order valence-corrected chi connectivity index (χ0v) is 18.1. The van der Waals surface area contributed by atoms with Crippen LogP contribution in [0.2, 0.25) is 0 Å². The van der Waals surface area contributed by atoms with E-state index in [0.717, 1.165) is 49.2 Å². The fourth-order valence-electron chi connectivity index (χ4n) is 4.67. The normalized spacial score (nSPS) is 23.9. The Balaban J connectivity index is 1.21. The number of hydrogen-bond acceptors (Lipinski definition) is 6. The van der Waals surface area contributed by atoms with Crippen LogP contribution in [0.1, 0.15) is 27.7 Å². The van der Waals surface area contributed by atoms with Crippen LogP contribution < -0.4 is 18.9 Å². The van der Waals surface area contributed by atoms with Gasteiger partial charge in [0.2, 0.25) is 0 Å². The van der Waals surface area contributed by atoms with Crippen molar-refractivity contribution in [2.75, 3.05) is 26.2 Å². The van der Waals surface area contributed by atoms with Crippen molar-refractivity contribution in [2.45, 2.75) is 51.4 Å². The summed E-state index contributed by atoms with van der Waals surface area (Å²) in [4.78, 5) is 4.89. The van der Waals surface area contributed by atoms with Crippen LogP contribution in [0.5, 0.6) is 23.0 Å². The van der Waals surface area contributed by atoms with E-state index in [-0.39, 0.29) is 12.1 Å². The lowest BCUT2D eigenvalue weighted by Crippen LogP contribution is -2.63. The number of nitrogens with zero attached hydrogens (tertiary/aromatic N) is 2. The molecule has 6 heteroatoms. The van der Waals surface area contributed by atoms with Crippen LogP contribution in [0, 0.1) is 0 Å². The number of fused-ring (bicyclic) bond motifs is 2. The maximum absolute atomic E-state index is 6.20. The van der Waals surface area contributed by atoms with Crippen molar-refractivity contribution in [2.24, 2.45) is 0 Å². The maximum atomic E-state index is 6.20. The molecule has 1 fully saturated rings. The zero-order chi connectivity index (χ0) is 20.9. The van der Waals surface area contributed by atoms with Crippen molar-refractivity contribution in [3.63, 3.8) is 0 Å². The first-order chi connectivity index (χ1) is 14.4. The van der Waals surface area contributed by atoms with Crippen LogP contribution >= 0.6 is 0 Å². The molecule has 0 spiro atoms. The summed E-state index contributed by atoms with van der Waals surface area (Å²) in [5.74, 6) is 1.93. The molecule has 1 saturated heterocycles. The first-order valence-electron chi connectivity index (χ1n) is 10.8. The molecule has 5 rings (SSSR count). The Morgan fingerprint density at radius 2 is 0.867 bits per heavy atom. The van der Waals surface area contributed by atoms with Gasteiger partial charge in [-0.2, -0.15) is 0 Å². The minimum Gasteiger partial charge on any atom is -0.447 e. The van der Waals surface area contributed by atoms with Crippen LogP contribution in [0.25, 0.3) is 0 Å². The van der Waals surface area contributed by atoms with Crippen LogP contribution in [-0.2, 0) is 0 Å². The molecule has 6 nitrogen and oxygen atoms in total. The molecule has 3 heterocycles. The largest absolute Gasteiger partial charge is 0.447 e. The van der Waals surface area contributed by atoms with Gasteiger partial charge in [-0.25, -0.2) is 0 Å². The lowest BCUT2D eigenvalue weighted by molar-refractivity contribution is -0.145. The molecule has 0 amide bonds. The molecule has 0 bridgehead atoms. The van der Waals surface area contributed by atoms with Gasteiger partial charge in [0.15, 0.2) is 23.0 Å². The van der Waals surface area contributed by atoms with Gasteiger partial charge in [0, 0.05) is 40.0 Å². The maximum Gasteiger partial charge on any atom is 0.263 e. The first kappa shape index (κ1) is 19.5. The molecule has 3 aliphatic rings. The summed E-state index contributed by atoms with van der Waals surface area (Å²) in [6.45, 7) is 12.2. The van der Waals surface area contributed by atoms with Gasteiger partial charge in [-0.15, -0.1) is 0 Å². The third-order valence-electron chi connectivity index (χ3n) is 6.91. The molecule has 30 heavy (non-hydrogen) atoms. The molecule has 0 aliphatic carbocycles. The van der Waals surface area contributed by atoms with E-state index in [2.05, 4.69) is 23.6 Å². The Hall–Kier alpha value is -2.44. The Labute approximate surface area is 178 Å². The number of piperazine rings is 1. The lowest BCUT2D eigenvalue weighted by atomic mass is 10.1. The molecule has 2 unspecified atom stereocenters. The standard InChI is InChI=1S/C24H30N2O4/c1-17(23(3)27-19-9-5-6-10-20(19)28-23)25-13-15-26(16-14-25)18(2)24(4)29-21-11-7-8-12-22(21)30-24/h5-12,17-18H,13-16H2,1-4H3. The second-order valence-corrected chi connectivity index (χ2v) is 8.76. The number of ether oxygens (including phenoxy) is 4. The van der Waals surface area contributed by atoms with Gasteiger partial charge in [0.25, 0.3) is 11.6 Å². The molecule has 160 valence electrons. The zero-order valence-electron chi connectivity index (χ0n) is 18.1. The topological polar surface area (TPSA) is 43.4 Å². The lowest BCUT2D eigenvalue weighted by Gasteiger charge is -2.46. The highest BCUT2D eigenvalue weighted by molar-refractivity contribution is 5.44. The van der Waals surface area contributed by atoms with Crippen LogP contribution in [0.15, 0.2) is 48.5 Å². The number of para-hydroxylation sites is 4. The van der Waals surface area contributed by atoms with Crippen LogP contribution in [0.3, 0.4) is 0 Å². The van der Waals surface area contributed by atoms with Crippen molar-refractivity contribution < 1.29 is 18.9 Å². The number of rotatable bonds is 4. The third kappa shape index (κ3) is 3.19. The molecular formula is C24H30N2O4. The van der Waals surface area contributed by atoms with E-state index < -0.39 is 11.6 Å². The molecule has 2 aromatic carbocycles. The second kappa shape index (κ2) is 7.06. The minimum atomic E-state index is -0.678. The summed E-state index contributed by atoms with van der Waals surface area (Å²) >= 11 is 0. The Morgan fingerprint density at radius 1 is 0.600 bits per heavy atom. The SMILES string of the molecule is CC(N1CCN(C(C)C2(C)Oc3ccccc3O2)CC1)C1(C)Oc2ccccc2O1. The summed E-state index contributed by atoms with van der Waals surface area (Å²) in [7, 11) is 0. The van der Waals surface area contributed by atoms with Gasteiger partial charge in [0.1, 0.15) is 0 Å². The van der Waals surface area contributed by atoms with Crippen molar-refractivity contribution >= 4 is 0 Å². The fraction of sp³-hybridized carbons (Fsp3) is 0.500. The van der Waals surface area contributed by atoms with E-state index in [0.29, 0.717) is 0 Å². The van der Waals surface area contributed by atoms with E-state index in [1.54, 1.807) is 0 Å². The summed E-state index contributed by atoms with van der Waals surface area (Å²) < 4.78 is 24.8. The smallest absolute Gasteiger partial charge is 0.263 e. The summed E-state index contributed by atoms with van der Waals surface area (Å²) in [5, 5.41) is 0. The summed E-state index contributed by atoms with van der Waals surface area (Å²) in [6, 6.07) is 16.0. The Kier molecular flexibility index (Phi) is 4.60. The van der Waals surface area contributed by atoms with Gasteiger partial charge >= 0.3 is 0 Å². The van der Waals surface area contributed by atoms with Crippen LogP contribution in [-0.4, -0.2) is 59.6 Å². The molecule has 3 aliphatic heterocycles. The van der Waals surface area contributed by atoms with Gasteiger partial charge in [0.05, 0.1) is 12.1 Å². The monoisotopic (exact) mass is 410 g/mol. The molecule has 2 aromatic rings. The van der Waals surface area contributed by atoms with Gasteiger partial charge < -0.3 is 18.9 Å². The van der Waals surface area contributed by atoms with Crippen molar-refractivity contribution in [3.8, 4) is 23.0 Å². The second-order valence-electron chi connectivity index (χ2n) is 8.76. The van der Waals surface area contributed by atoms with Gasteiger partial charge in [-0.1, -0.05) is 24.3 Å². The minimum absolute atomic E-state index is 0.126. The van der Waals surface area contributed by atoms with Crippen molar-refractivity contribution in [1.82, 2.24) is 9.80 Å². The highest BCUT2D eigenvalue weighted by atomic mass is 16.7. The summed E-state index contributed by atoms with van der Waals surface area (Å²) in [5.41, 5.74) is 0. The number of hydrogen-bond donors (Lipinski definition) is 0. The van der Waals surface area contributed by atoms with E-state index in [1.807, 2.05) is 62.4 Å². The predicted molar refractivity (Wildman–Crippen MR) is 114 cm³/mol. The summed E-state index contributed by atoms with van der Waals surface area (Å²) in [6.07, 6.45) is 0. The average molecular weight is 411 g/mol. The van der Waals surface area contributed by atoms with Gasteiger partial charge in [-0.05, 0) is 38.1 Å².